The standard InChI is InChI=1S/C17H29N5O/c1-4-13-10-16(20-11-19-13)22-7-5-14(6-8-22)21-17(23)15(18)9-12(2)3/h10-12,14-15H,4-9,18H2,1-3H3,(H,21,23)/t15-/m0/s1. The maximum Gasteiger partial charge on any atom is 0.237 e. The lowest BCUT2D eigenvalue weighted by Gasteiger charge is -2.33. The summed E-state index contributed by atoms with van der Waals surface area (Å²) in [5.74, 6) is 1.40. The number of rotatable bonds is 6. The van der Waals surface area contributed by atoms with E-state index in [0.717, 1.165) is 50.3 Å². The molecule has 0 spiro atoms. The van der Waals surface area contributed by atoms with Gasteiger partial charge in [-0.25, -0.2) is 9.97 Å². The predicted octanol–water partition coefficient (Wildman–Crippen LogP) is 1.50. The Balaban J connectivity index is 1.82. The summed E-state index contributed by atoms with van der Waals surface area (Å²) < 4.78 is 0. The first-order chi connectivity index (χ1) is 11.0. The normalized spacial score (nSPS) is 17.3. The number of carbonyl (C=O) groups is 1. The Morgan fingerprint density at radius 3 is 2.70 bits per heavy atom. The van der Waals surface area contributed by atoms with Crippen LogP contribution in [0.25, 0.3) is 0 Å². The van der Waals surface area contributed by atoms with Crippen LogP contribution in [0.15, 0.2) is 12.4 Å². The number of nitrogens with zero attached hydrogens (tertiary/aromatic N) is 3. The molecule has 1 aliphatic rings. The van der Waals surface area contributed by atoms with Crippen molar-refractivity contribution in [3.63, 3.8) is 0 Å². The van der Waals surface area contributed by atoms with Crippen molar-refractivity contribution in [3.05, 3.63) is 18.1 Å². The van der Waals surface area contributed by atoms with Gasteiger partial charge in [0.2, 0.25) is 5.91 Å². The van der Waals surface area contributed by atoms with Crippen molar-refractivity contribution in [2.75, 3.05) is 18.0 Å². The summed E-state index contributed by atoms with van der Waals surface area (Å²) in [7, 11) is 0. The Morgan fingerprint density at radius 2 is 2.09 bits per heavy atom. The van der Waals surface area contributed by atoms with Crippen LogP contribution < -0.4 is 16.0 Å². The van der Waals surface area contributed by atoms with E-state index in [1.807, 2.05) is 0 Å². The highest BCUT2D eigenvalue weighted by Crippen LogP contribution is 2.18. The number of aromatic nitrogens is 2. The average molecular weight is 319 g/mol. The lowest BCUT2D eigenvalue weighted by molar-refractivity contribution is -0.123. The van der Waals surface area contributed by atoms with E-state index in [-0.39, 0.29) is 11.9 Å². The van der Waals surface area contributed by atoms with E-state index >= 15 is 0 Å². The van der Waals surface area contributed by atoms with Gasteiger partial charge < -0.3 is 16.0 Å². The topological polar surface area (TPSA) is 84.1 Å². The Bertz CT molecular complexity index is 511. The largest absolute Gasteiger partial charge is 0.356 e. The fourth-order valence-corrected chi connectivity index (χ4v) is 2.93. The van der Waals surface area contributed by atoms with E-state index in [1.165, 1.54) is 0 Å². The van der Waals surface area contributed by atoms with Gasteiger partial charge >= 0.3 is 0 Å². The van der Waals surface area contributed by atoms with Crippen LogP contribution in [0.2, 0.25) is 0 Å². The molecule has 1 atom stereocenters. The quantitative estimate of drug-likeness (QED) is 0.830. The summed E-state index contributed by atoms with van der Waals surface area (Å²) in [6, 6.07) is 1.86. The average Bonchev–Trinajstić information content (AvgIpc) is 2.55. The second kappa shape index (κ2) is 8.24. The molecule has 2 rings (SSSR count). The lowest BCUT2D eigenvalue weighted by Crippen LogP contribution is -2.50. The first kappa shape index (κ1) is 17.7. The van der Waals surface area contributed by atoms with E-state index < -0.39 is 6.04 Å². The number of anilines is 1. The van der Waals surface area contributed by atoms with E-state index in [4.69, 9.17) is 5.73 Å². The van der Waals surface area contributed by atoms with Gasteiger partial charge in [-0.2, -0.15) is 0 Å². The number of nitrogens with two attached hydrogens (primary N) is 1. The van der Waals surface area contributed by atoms with Crippen LogP contribution >= 0.6 is 0 Å². The number of nitrogens with one attached hydrogen (secondary N) is 1. The molecule has 2 heterocycles. The summed E-state index contributed by atoms with van der Waals surface area (Å²) in [5, 5.41) is 3.10. The summed E-state index contributed by atoms with van der Waals surface area (Å²) in [6.07, 6.45) is 5.12. The van der Waals surface area contributed by atoms with Crippen molar-refractivity contribution in [2.24, 2.45) is 11.7 Å². The van der Waals surface area contributed by atoms with Gasteiger partial charge in [-0.1, -0.05) is 20.8 Å². The third-order valence-corrected chi connectivity index (χ3v) is 4.30. The molecule has 1 saturated heterocycles. The summed E-state index contributed by atoms with van der Waals surface area (Å²) in [5.41, 5.74) is 7.01. The molecular formula is C17H29N5O. The molecule has 23 heavy (non-hydrogen) atoms. The van der Waals surface area contributed by atoms with Gasteiger partial charge in [0.15, 0.2) is 0 Å². The Hall–Kier alpha value is -1.69. The number of hydrogen-bond donors (Lipinski definition) is 2. The molecule has 0 bridgehead atoms. The third-order valence-electron chi connectivity index (χ3n) is 4.30. The summed E-state index contributed by atoms with van der Waals surface area (Å²) in [6.45, 7) is 8.04. The fraction of sp³-hybridized carbons (Fsp3) is 0.706. The summed E-state index contributed by atoms with van der Waals surface area (Å²) in [4.78, 5) is 23.0. The molecule has 0 aromatic carbocycles. The van der Waals surface area contributed by atoms with Gasteiger partial charge in [0.25, 0.3) is 0 Å². The van der Waals surface area contributed by atoms with E-state index in [2.05, 4.69) is 47.0 Å². The molecule has 1 fully saturated rings. The van der Waals surface area contributed by atoms with Crippen LogP contribution in [0, 0.1) is 5.92 Å². The molecular weight excluding hydrogens is 290 g/mol. The SMILES string of the molecule is CCc1cc(N2CCC(NC(=O)[C@@H](N)CC(C)C)CC2)ncn1. The monoisotopic (exact) mass is 319 g/mol. The van der Waals surface area contributed by atoms with E-state index in [1.54, 1.807) is 6.33 Å². The zero-order valence-corrected chi connectivity index (χ0v) is 14.5. The van der Waals surface area contributed by atoms with Gasteiger partial charge in [-0.15, -0.1) is 0 Å². The van der Waals surface area contributed by atoms with Crippen LogP contribution in [-0.2, 0) is 11.2 Å². The number of aryl methyl sites for hydroxylation is 1. The Labute approximate surface area is 138 Å². The second-order valence-corrected chi connectivity index (χ2v) is 6.73. The van der Waals surface area contributed by atoms with Gasteiger partial charge in [0.1, 0.15) is 12.1 Å². The van der Waals surface area contributed by atoms with Crippen LogP contribution in [0.5, 0.6) is 0 Å². The van der Waals surface area contributed by atoms with Gasteiger partial charge in [0, 0.05) is 30.9 Å². The molecule has 0 aliphatic carbocycles. The molecule has 1 aromatic rings. The van der Waals surface area contributed by atoms with Crippen molar-refractivity contribution < 1.29 is 4.79 Å². The Kier molecular flexibility index (Phi) is 6.33. The minimum absolute atomic E-state index is 0.0209. The van der Waals surface area contributed by atoms with Gasteiger partial charge in [-0.3, -0.25) is 4.79 Å². The minimum Gasteiger partial charge on any atom is -0.356 e. The number of piperidine rings is 1. The smallest absolute Gasteiger partial charge is 0.237 e. The van der Waals surface area contributed by atoms with Crippen LogP contribution in [0.1, 0.15) is 45.7 Å². The predicted molar refractivity (Wildman–Crippen MR) is 92.2 cm³/mol. The first-order valence-corrected chi connectivity index (χ1v) is 8.61. The highest BCUT2D eigenvalue weighted by Gasteiger charge is 2.24. The molecule has 1 aliphatic heterocycles. The van der Waals surface area contributed by atoms with Crippen LogP contribution in [0.4, 0.5) is 5.82 Å². The van der Waals surface area contributed by atoms with Crippen molar-refractivity contribution in [3.8, 4) is 0 Å². The van der Waals surface area contributed by atoms with Crippen LogP contribution in [0.3, 0.4) is 0 Å². The fourth-order valence-electron chi connectivity index (χ4n) is 2.93. The van der Waals surface area contributed by atoms with Crippen LogP contribution in [-0.4, -0.2) is 41.0 Å². The highest BCUT2D eigenvalue weighted by atomic mass is 16.2. The van der Waals surface area contributed by atoms with Gasteiger partial charge in [0.05, 0.1) is 6.04 Å². The van der Waals surface area contributed by atoms with Crippen molar-refractivity contribution >= 4 is 11.7 Å². The zero-order valence-electron chi connectivity index (χ0n) is 14.5. The lowest BCUT2D eigenvalue weighted by atomic mass is 10.0. The van der Waals surface area contributed by atoms with E-state index in [0.29, 0.717) is 5.92 Å². The Morgan fingerprint density at radius 1 is 1.39 bits per heavy atom. The minimum atomic E-state index is -0.401. The maximum absolute atomic E-state index is 12.1. The zero-order chi connectivity index (χ0) is 16.8. The molecule has 3 N–H and O–H groups in total. The molecule has 0 unspecified atom stereocenters. The van der Waals surface area contributed by atoms with Crippen molar-refractivity contribution in [1.82, 2.24) is 15.3 Å². The molecule has 0 radical (unpaired) electrons. The highest BCUT2D eigenvalue weighted by molar-refractivity contribution is 5.81. The van der Waals surface area contributed by atoms with Gasteiger partial charge in [-0.05, 0) is 31.6 Å². The first-order valence-electron chi connectivity index (χ1n) is 8.61. The molecule has 1 amide bonds. The number of amides is 1. The number of hydrogen-bond acceptors (Lipinski definition) is 5. The molecule has 6 nitrogen and oxygen atoms in total. The maximum atomic E-state index is 12.1. The number of carbonyl (C=O) groups excluding carboxylic acids is 1. The molecule has 1 aromatic heterocycles. The van der Waals surface area contributed by atoms with Crippen molar-refractivity contribution in [2.45, 2.75) is 58.5 Å². The molecule has 6 heteroatoms. The van der Waals surface area contributed by atoms with E-state index in [9.17, 15) is 4.79 Å². The molecule has 128 valence electrons. The third kappa shape index (κ3) is 5.16. The summed E-state index contributed by atoms with van der Waals surface area (Å²) >= 11 is 0. The van der Waals surface area contributed by atoms with Crippen molar-refractivity contribution in [1.29, 1.82) is 0 Å². The molecule has 0 saturated carbocycles. The second-order valence-electron chi connectivity index (χ2n) is 6.73.